The summed E-state index contributed by atoms with van der Waals surface area (Å²) in [4.78, 5) is 13.1. The van der Waals surface area contributed by atoms with Crippen LogP contribution >= 0.6 is 0 Å². The summed E-state index contributed by atoms with van der Waals surface area (Å²) in [6.45, 7) is 2.73. The number of hydrogen-bond donors (Lipinski definition) is 1. The van der Waals surface area contributed by atoms with Crippen molar-refractivity contribution < 1.29 is 4.42 Å². The zero-order valence-corrected chi connectivity index (χ0v) is 12.9. The van der Waals surface area contributed by atoms with E-state index < -0.39 is 0 Å². The molecule has 0 radical (unpaired) electrons. The summed E-state index contributed by atoms with van der Waals surface area (Å²) in [5.74, 6) is 1.60. The predicted molar refractivity (Wildman–Crippen MR) is 87.2 cm³/mol. The molecule has 1 atom stereocenters. The summed E-state index contributed by atoms with van der Waals surface area (Å²) in [7, 11) is 1.86. The van der Waals surface area contributed by atoms with Crippen molar-refractivity contribution in [3.8, 4) is 0 Å². The average Bonchev–Trinajstić information content (AvgIpc) is 3.17. The van der Waals surface area contributed by atoms with E-state index >= 15 is 0 Å². The van der Waals surface area contributed by atoms with E-state index in [2.05, 4.69) is 32.3 Å². The van der Waals surface area contributed by atoms with Crippen LogP contribution in [-0.2, 0) is 7.05 Å². The molecule has 7 nitrogen and oxygen atoms in total. The third kappa shape index (κ3) is 2.40. The zero-order valence-electron chi connectivity index (χ0n) is 12.9. The fraction of sp³-hybridized carbons (Fsp3) is 0.250. The monoisotopic (exact) mass is 308 g/mol. The lowest BCUT2D eigenvalue weighted by Crippen LogP contribution is -2.11. The number of anilines is 1. The molecule has 116 valence electrons. The Hall–Kier alpha value is -2.96. The molecule has 0 saturated heterocycles. The first-order valence-electron chi connectivity index (χ1n) is 7.44. The smallest absolute Gasteiger partial charge is 0.200 e. The zero-order chi connectivity index (χ0) is 15.8. The molecule has 0 fully saturated rings. The third-order valence-corrected chi connectivity index (χ3v) is 3.84. The maximum absolute atomic E-state index is 5.81. The average molecular weight is 308 g/mol. The highest BCUT2D eigenvalue weighted by Crippen LogP contribution is 2.23. The van der Waals surface area contributed by atoms with Crippen LogP contribution in [0.1, 0.15) is 18.7 Å². The van der Waals surface area contributed by atoms with Crippen molar-refractivity contribution in [2.75, 3.05) is 11.9 Å². The van der Waals surface area contributed by atoms with Gasteiger partial charge in [-0.25, -0.2) is 15.0 Å². The summed E-state index contributed by atoms with van der Waals surface area (Å²) in [5, 5.41) is 8.46. The number of aryl methyl sites for hydroxylation is 1. The van der Waals surface area contributed by atoms with Gasteiger partial charge in [-0.15, -0.1) is 0 Å². The predicted octanol–water partition coefficient (Wildman–Crippen LogP) is 2.72. The normalized spacial score (nSPS) is 12.8. The van der Waals surface area contributed by atoms with E-state index in [9.17, 15) is 0 Å². The van der Waals surface area contributed by atoms with Crippen LogP contribution in [-0.4, -0.2) is 31.3 Å². The molecular formula is C16H16N6O. The summed E-state index contributed by atoms with van der Waals surface area (Å²) < 4.78 is 7.54. The van der Waals surface area contributed by atoms with Crippen molar-refractivity contribution in [1.29, 1.82) is 0 Å². The summed E-state index contributed by atoms with van der Waals surface area (Å²) in [5.41, 5.74) is 2.49. The van der Waals surface area contributed by atoms with Crippen LogP contribution < -0.4 is 5.32 Å². The Morgan fingerprint density at radius 1 is 1.26 bits per heavy atom. The van der Waals surface area contributed by atoms with E-state index in [-0.39, 0.29) is 5.92 Å². The van der Waals surface area contributed by atoms with Crippen LogP contribution in [0.15, 0.2) is 41.2 Å². The second-order valence-corrected chi connectivity index (χ2v) is 5.53. The highest BCUT2D eigenvalue weighted by molar-refractivity contribution is 5.85. The van der Waals surface area contributed by atoms with Gasteiger partial charge in [0, 0.05) is 13.6 Å². The molecule has 1 unspecified atom stereocenters. The molecule has 0 saturated carbocycles. The van der Waals surface area contributed by atoms with Gasteiger partial charge < -0.3 is 9.73 Å². The van der Waals surface area contributed by atoms with Gasteiger partial charge in [0.05, 0.1) is 17.5 Å². The van der Waals surface area contributed by atoms with Gasteiger partial charge in [0.2, 0.25) is 0 Å². The molecule has 0 aliphatic rings. The second-order valence-electron chi connectivity index (χ2n) is 5.53. The fourth-order valence-corrected chi connectivity index (χ4v) is 2.54. The Balaban J connectivity index is 1.55. The minimum Gasteiger partial charge on any atom is -0.440 e. The number of fused-ring (bicyclic) bond motifs is 2. The highest BCUT2D eigenvalue weighted by Gasteiger charge is 2.15. The Labute approximate surface area is 132 Å². The topological polar surface area (TPSA) is 81.7 Å². The molecule has 3 heterocycles. The van der Waals surface area contributed by atoms with Crippen LogP contribution in [0, 0.1) is 0 Å². The second kappa shape index (κ2) is 5.35. The maximum Gasteiger partial charge on any atom is 0.200 e. The van der Waals surface area contributed by atoms with E-state index in [0.29, 0.717) is 6.54 Å². The Kier molecular flexibility index (Phi) is 3.18. The van der Waals surface area contributed by atoms with Crippen LogP contribution in [0.3, 0.4) is 0 Å². The van der Waals surface area contributed by atoms with Crippen molar-refractivity contribution in [3.63, 3.8) is 0 Å². The SMILES string of the molecule is CC(CNc1ncnc2c1cnn2C)c1nc2ccccc2o1. The molecule has 0 spiro atoms. The summed E-state index contributed by atoms with van der Waals surface area (Å²) in [6.07, 6.45) is 3.30. The van der Waals surface area contributed by atoms with E-state index in [1.807, 2.05) is 31.3 Å². The molecule has 7 heteroatoms. The van der Waals surface area contributed by atoms with Crippen molar-refractivity contribution in [1.82, 2.24) is 24.7 Å². The number of oxazole rings is 1. The largest absolute Gasteiger partial charge is 0.440 e. The summed E-state index contributed by atoms with van der Waals surface area (Å²) in [6, 6.07) is 7.78. The lowest BCUT2D eigenvalue weighted by atomic mass is 10.2. The molecule has 23 heavy (non-hydrogen) atoms. The Morgan fingerprint density at radius 3 is 3.00 bits per heavy atom. The quantitative estimate of drug-likeness (QED) is 0.624. The molecule has 1 aromatic carbocycles. The van der Waals surface area contributed by atoms with Crippen molar-refractivity contribution >= 4 is 28.0 Å². The first-order valence-corrected chi connectivity index (χ1v) is 7.44. The van der Waals surface area contributed by atoms with Crippen molar-refractivity contribution in [3.05, 3.63) is 42.7 Å². The Bertz CT molecular complexity index is 940. The lowest BCUT2D eigenvalue weighted by molar-refractivity contribution is 0.494. The minimum atomic E-state index is 0.115. The van der Waals surface area contributed by atoms with E-state index in [1.54, 1.807) is 10.9 Å². The number of nitrogens with one attached hydrogen (secondary N) is 1. The first kappa shape index (κ1) is 13.7. The van der Waals surface area contributed by atoms with Crippen molar-refractivity contribution in [2.24, 2.45) is 7.05 Å². The summed E-state index contributed by atoms with van der Waals surface area (Å²) >= 11 is 0. The molecule has 4 rings (SSSR count). The molecular weight excluding hydrogens is 292 g/mol. The van der Waals surface area contributed by atoms with E-state index in [0.717, 1.165) is 33.8 Å². The molecule has 3 aromatic heterocycles. The van der Waals surface area contributed by atoms with Gasteiger partial charge in [0.25, 0.3) is 0 Å². The lowest BCUT2D eigenvalue weighted by Gasteiger charge is -2.10. The number of nitrogens with zero attached hydrogens (tertiary/aromatic N) is 5. The van der Waals surface area contributed by atoms with Gasteiger partial charge >= 0.3 is 0 Å². The molecule has 4 aromatic rings. The molecule has 0 aliphatic carbocycles. The van der Waals surface area contributed by atoms with Crippen LogP contribution in [0.2, 0.25) is 0 Å². The highest BCUT2D eigenvalue weighted by atomic mass is 16.3. The van der Waals surface area contributed by atoms with E-state index in [4.69, 9.17) is 4.42 Å². The molecule has 0 bridgehead atoms. The van der Waals surface area contributed by atoms with Crippen LogP contribution in [0.5, 0.6) is 0 Å². The number of hydrogen-bond acceptors (Lipinski definition) is 6. The van der Waals surface area contributed by atoms with Gasteiger partial charge in [-0.2, -0.15) is 5.10 Å². The van der Waals surface area contributed by atoms with Crippen molar-refractivity contribution in [2.45, 2.75) is 12.8 Å². The van der Waals surface area contributed by atoms with Gasteiger partial charge in [-0.05, 0) is 12.1 Å². The van der Waals surface area contributed by atoms with Crippen LogP contribution in [0.4, 0.5) is 5.82 Å². The fourth-order valence-electron chi connectivity index (χ4n) is 2.54. The standard InChI is InChI=1S/C16H16N6O/c1-10(16-21-12-5-3-4-6-13(12)23-16)7-17-14-11-8-20-22(2)15(11)19-9-18-14/h3-6,8-10H,7H2,1-2H3,(H,17,18,19). The molecule has 0 aliphatic heterocycles. The van der Waals surface area contributed by atoms with E-state index in [1.165, 1.54) is 6.33 Å². The van der Waals surface area contributed by atoms with Gasteiger partial charge in [-0.3, -0.25) is 4.68 Å². The number of para-hydroxylation sites is 2. The number of aromatic nitrogens is 5. The molecule has 0 amide bonds. The number of benzene rings is 1. The molecule has 1 N–H and O–H groups in total. The van der Waals surface area contributed by atoms with Gasteiger partial charge in [0.1, 0.15) is 17.7 Å². The number of rotatable bonds is 4. The minimum absolute atomic E-state index is 0.115. The third-order valence-electron chi connectivity index (χ3n) is 3.84. The Morgan fingerprint density at radius 2 is 2.13 bits per heavy atom. The van der Waals surface area contributed by atoms with Gasteiger partial charge in [-0.1, -0.05) is 19.1 Å². The first-order chi connectivity index (χ1) is 11.2. The van der Waals surface area contributed by atoms with Crippen LogP contribution in [0.25, 0.3) is 22.1 Å². The van der Waals surface area contributed by atoms with Gasteiger partial charge in [0.15, 0.2) is 17.1 Å². The maximum atomic E-state index is 5.81.